The Kier molecular flexibility index (Phi) is 5.84. The second kappa shape index (κ2) is 8.31. The lowest BCUT2D eigenvalue weighted by molar-refractivity contribution is -0.113. The maximum atomic E-state index is 13.2. The molecule has 1 atom stereocenters. The van der Waals surface area contributed by atoms with E-state index in [1.807, 2.05) is 38.1 Å². The van der Waals surface area contributed by atoms with E-state index < -0.39 is 0 Å². The van der Waals surface area contributed by atoms with E-state index in [9.17, 15) is 4.79 Å². The zero-order valence-electron chi connectivity index (χ0n) is 16.3. The Morgan fingerprint density at radius 3 is 2.43 bits per heavy atom. The molecular weight excluding hydrogens is 374 g/mol. The fourth-order valence-electron chi connectivity index (χ4n) is 3.11. The predicted molar refractivity (Wildman–Crippen MR) is 114 cm³/mol. The van der Waals surface area contributed by atoms with Crippen LogP contribution in [0, 0.1) is 6.92 Å². The number of thiocarbonyl (C=S) groups is 1. The summed E-state index contributed by atoms with van der Waals surface area (Å²) in [7, 11) is 3.13. The highest BCUT2D eigenvalue weighted by Gasteiger charge is 2.30. The molecule has 7 heteroatoms. The van der Waals surface area contributed by atoms with E-state index in [-0.39, 0.29) is 11.9 Å². The van der Waals surface area contributed by atoms with Crippen LogP contribution in [0.1, 0.15) is 24.1 Å². The fraction of sp³-hybridized carbons (Fsp3) is 0.238. The van der Waals surface area contributed by atoms with Gasteiger partial charge in [-0.15, -0.1) is 0 Å². The van der Waals surface area contributed by atoms with Crippen molar-refractivity contribution in [1.29, 1.82) is 0 Å². The van der Waals surface area contributed by atoms with Gasteiger partial charge in [-0.1, -0.05) is 29.8 Å². The number of allylic oxidation sites excluding steroid dienone is 1. The van der Waals surface area contributed by atoms with Crippen molar-refractivity contribution < 1.29 is 14.3 Å². The summed E-state index contributed by atoms with van der Waals surface area (Å²) in [6.07, 6.45) is 0. The van der Waals surface area contributed by atoms with Gasteiger partial charge in [0.05, 0.1) is 31.5 Å². The number of ether oxygens (including phenoxy) is 2. The summed E-state index contributed by atoms with van der Waals surface area (Å²) in [6.45, 7) is 3.86. The van der Waals surface area contributed by atoms with Gasteiger partial charge in [0.25, 0.3) is 5.91 Å². The molecule has 1 aliphatic rings. The van der Waals surface area contributed by atoms with Gasteiger partial charge in [-0.25, -0.2) is 0 Å². The minimum Gasteiger partial charge on any atom is -0.497 e. The third kappa shape index (κ3) is 4.09. The molecule has 0 fully saturated rings. The molecule has 0 saturated carbocycles. The lowest BCUT2D eigenvalue weighted by Gasteiger charge is -2.30. The summed E-state index contributed by atoms with van der Waals surface area (Å²) in [4.78, 5) is 13.2. The number of aryl methyl sites for hydroxylation is 1. The number of carbonyl (C=O) groups excluding carboxylic acids is 1. The highest BCUT2D eigenvalue weighted by atomic mass is 32.1. The molecule has 0 radical (unpaired) electrons. The van der Waals surface area contributed by atoms with Crippen LogP contribution in [0.2, 0.25) is 0 Å². The van der Waals surface area contributed by atoms with E-state index in [0.29, 0.717) is 33.6 Å². The molecule has 0 saturated heterocycles. The molecule has 3 N–H and O–H groups in total. The van der Waals surface area contributed by atoms with Crippen molar-refractivity contribution in [3.05, 3.63) is 64.9 Å². The number of benzene rings is 2. The van der Waals surface area contributed by atoms with Gasteiger partial charge in [-0.05, 0) is 43.8 Å². The van der Waals surface area contributed by atoms with Crippen molar-refractivity contribution in [2.24, 2.45) is 0 Å². The van der Waals surface area contributed by atoms with E-state index in [4.69, 9.17) is 21.7 Å². The number of hydrogen-bond donors (Lipinski definition) is 3. The molecule has 6 nitrogen and oxygen atoms in total. The van der Waals surface area contributed by atoms with Crippen molar-refractivity contribution >= 4 is 28.9 Å². The minimum atomic E-state index is -0.356. The normalized spacial score (nSPS) is 16.1. The lowest BCUT2D eigenvalue weighted by atomic mass is 9.94. The number of nitrogens with one attached hydrogen (secondary N) is 3. The number of hydrogen-bond acceptors (Lipinski definition) is 4. The molecule has 28 heavy (non-hydrogen) atoms. The van der Waals surface area contributed by atoms with Gasteiger partial charge < -0.3 is 25.4 Å². The van der Waals surface area contributed by atoms with Gasteiger partial charge in [0.1, 0.15) is 11.5 Å². The molecule has 1 aliphatic heterocycles. The maximum Gasteiger partial charge on any atom is 0.255 e. The van der Waals surface area contributed by atoms with Crippen LogP contribution in [0.3, 0.4) is 0 Å². The van der Waals surface area contributed by atoms with Crippen LogP contribution in [0.5, 0.6) is 11.5 Å². The molecule has 3 rings (SSSR count). The first-order valence-electron chi connectivity index (χ1n) is 8.81. The van der Waals surface area contributed by atoms with Crippen LogP contribution in [0.4, 0.5) is 5.69 Å². The Morgan fingerprint density at radius 1 is 1.07 bits per heavy atom. The van der Waals surface area contributed by atoms with Crippen molar-refractivity contribution in [3.8, 4) is 11.5 Å². The molecule has 2 aromatic carbocycles. The fourth-order valence-corrected chi connectivity index (χ4v) is 3.38. The Balaban J connectivity index is 1.97. The maximum absolute atomic E-state index is 13.2. The molecule has 1 unspecified atom stereocenters. The zero-order chi connectivity index (χ0) is 20.3. The van der Waals surface area contributed by atoms with Crippen molar-refractivity contribution in [1.82, 2.24) is 10.6 Å². The Labute approximate surface area is 169 Å². The third-order valence-electron chi connectivity index (χ3n) is 4.58. The van der Waals surface area contributed by atoms with E-state index >= 15 is 0 Å². The van der Waals surface area contributed by atoms with Crippen LogP contribution in [0.15, 0.2) is 53.7 Å². The topological polar surface area (TPSA) is 71.6 Å². The van der Waals surface area contributed by atoms with Crippen LogP contribution >= 0.6 is 12.2 Å². The first-order chi connectivity index (χ1) is 13.4. The highest BCUT2D eigenvalue weighted by molar-refractivity contribution is 7.80. The monoisotopic (exact) mass is 397 g/mol. The third-order valence-corrected chi connectivity index (χ3v) is 4.80. The van der Waals surface area contributed by atoms with Crippen LogP contribution in [-0.4, -0.2) is 25.2 Å². The minimum absolute atomic E-state index is 0.253. The van der Waals surface area contributed by atoms with Gasteiger partial charge in [-0.3, -0.25) is 4.79 Å². The van der Waals surface area contributed by atoms with Gasteiger partial charge in [0.2, 0.25) is 0 Å². The molecule has 0 aromatic heterocycles. The van der Waals surface area contributed by atoms with E-state index in [0.717, 1.165) is 11.1 Å². The molecule has 146 valence electrons. The van der Waals surface area contributed by atoms with Gasteiger partial charge in [0, 0.05) is 11.8 Å². The van der Waals surface area contributed by atoms with Gasteiger partial charge in [-0.2, -0.15) is 0 Å². The summed E-state index contributed by atoms with van der Waals surface area (Å²) >= 11 is 5.30. The smallest absolute Gasteiger partial charge is 0.255 e. The quantitative estimate of drug-likeness (QED) is 0.672. The molecular formula is C21H23N3O3S. The Hall–Kier alpha value is -3.06. The van der Waals surface area contributed by atoms with E-state index in [1.165, 1.54) is 0 Å². The standard InChI is InChI=1S/C21H23N3O3S/c1-12-5-7-14(8-6-12)19-18(13(2)22-21(28)24-19)20(25)23-16-11-15(26-3)9-10-17(16)27-4/h5-11,19H,1-4H3,(H,23,25)(H2,22,24,28). The average molecular weight is 398 g/mol. The zero-order valence-corrected chi connectivity index (χ0v) is 17.1. The Bertz CT molecular complexity index is 938. The van der Waals surface area contributed by atoms with Crippen molar-refractivity contribution in [2.45, 2.75) is 19.9 Å². The molecule has 1 amide bonds. The summed E-state index contributed by atoms with van der Waals surface area (Å²) in [6, 6.07) is 12.9. The number of methoxy groups -OCH3 is 2. The largest absolute Gasteiger partial charge is 0.497 e. The number of carbonyl (C=O) groups is 1. The van der Waals surface area contributed by atoms with Crippen LogP contribution < -0.4 is 25.4 Å². The number of amides is 1. The average Bonchev–Trinajstić information content (AvgIpc) is 2.67. The second-order valence-corrected chi connectivity index (χ2v) is 6.91. The van der Waals surface area contributed by atoms with Gasteiger partial charge in [0.15, 0.2) is 5.11 Å². The first kappa shape index (κ1) is 19.7. The highest BCUT2D eigenvalue weighted by Crippen LogP contribution is 2.32. The van der Waals surface area contributed by atoms with E-state index in [1.54, 1.807) is 32.4 Å². The molecule has 2 aromatic rings. The predicted octanol–water partition coefficient (Wildman–Crippen LogP) is 3.44. The van der Waals surface area contributed by atoms with Crippen LogP contribution in [-0.2, 0) is 4.79 Å². The summed E-state index contributed by atoms with van der Waals surface area (Å²) in [5.74, 6) is 0.918. The van der Waals surface area contributed by atoms with Gasteiger partial charge >= 0.3 is 0 Å². The molecule has 0 bridgehead atoms. The van der Waals surface area contributed by atoms with E-state index in [2.05, 4.69) is 16.0 Å². The first-order valence-corrected chi connectivity index (χ1v) is 9.22. The van der Waals surface area contributed by atoms with Crippen LogP contribution in [0.25, 0.3) is 0 Å². The summed E-state index contributed by atoms with van der Waals surface area (Å²) in [5.41, 5.74) is 3.89. The number of anilines is 1. The molecule has 1 heterocycles. The van der Waals surface area contributed by atoms with Crippen molar-refractivity contribution in [3.63, 3.8) is 0 Å². The molecule has 0 spiro atoms. The number of rotatable bonds is 5. The lowest BCUT2D eigenvalue weighted by Crippen LogP contribution is -2.45. The second-order valence-electron chi connectivity index (χ2n) is 6.50. The summed E-state index contributed by atoms with van der Waals surface area (Å²) in [5, 5.41) is 9.66. The SMILES string of the molecule is COc1ccc(OC)c(NC(=O)C2=C(C)NC(=S)NC2c2ccc(C)cc2)c1. The Morgan fingerprint density at radius 2 is 1.79 bits per heavy atom. The summed E-state index contributed by atoms with van der Waals surface area (Å²) < 4.78 is 10.6. The molecule has 0 aliphatic carbocycles. The van der Waals surface area contributed by atoms with Crippen molar-refractivity contribution in [2.75, 3.05) is 19.5 Å².